The zero-order chi connectivity index (χ0) is 37.0. The summed E-state index contributed by atoms with van der Waals surface area (Å²) < 4.78 is 0. The maximum Gasteiger partial charge on any atom is 0.161 e. The van der Waals surface area contributed by atoms with Gasteiger partial charge in [-0.05, 0) is 88.8 Å². The standard InChI is InChI=1S/C54H34N2/c1-3-17-35(18-4-1)37-31-32-47(49(33-37)36-19-5-2-6-20-36)51-43-26-12-14-28-45(43)52(46-29-15-13-27-44(46)51)54-55-34-50-42-25-10-9-23-40(42)38-21-7-8-22-39(38)41-24-11-16-30-48(41)53(50)56-54/h1-34H. The first-order valence-electron chi connectivity index (χ1n) is 19.2. The molecule has 10 aromatic rings. The van der Waals surface area contributed by atoms with Gasteiger partial charge in [0.15, 0.2) is 5.82 Å². The van der Waals surface area contributed by atoms with Crippen molar-refractivity contribution in [3.8, 4) is 89.4 Å². The predicted octanol–water partition coefficient (Wildman–Crippen LogP) is 14.4. The number of hydrogen-bond donors (Lipinski definition) is 0. The smallest absolute Gasteiger partial charge is 0.161 e. The summed E-state index contributed by atoms with van der Waals surface area (Å²) in [6, 6.07) is 71.9. The molecule has 0 saturated heterocycles. The first-order valence-corrected chi connectivity index (χ1v) is 19.2. The van der Waals surface area contributed by atoms with Crippen molar-refractivity contribution in [1.82, 2.24) is 9.97 Å². The highest BCUT2D eigenvalue weighted by molar-refractivity contribution is 6.22. The Morgan fingerprint density at radius 2 is 0.696 bits per heavy atom. The van der Waals surface area contributed by atoms with Gasteiger partial charge < -0.3 is 0 Å². The molecule has 0 fully saturated rings. The lowest BCUT2D eigenvalue weighted by molar-refractivity contribution is 1.19. The number of rotatable bonds is 4. The fraction of sp³-hybridized carbons (Fsp3) is 0. The minimum atomic E-state index is 0.714. The van der Waals surface area contributed by atoms with Gasteiger partial charge in [-0.15, -0.1) is 0 Å². The molecule has 0 unspecified atom stereocenters. The Morgan fingerprint density at radius 1 is 0.268 bits per heavy atom. The van der Waals surface area contributed by atoms with Crippen LogP contribution in [0.4, 0.5) is 0 Å². The molecule has 1 heterocycles. The van der Waals surface area contributed by atoms with Crippen LogP contribution < -0.4 is 0 Å². The van der Waals surface area contributed by atoms with E-state index in [0.29, 0.717) is 5.82 Å². The first-order chi connectivity index (χ1) is 27.8. The van der Waals surface area contributed by atoms with Crippen LogP contribution in [0, 0.1) is 0 Å². The molecule has 56 heavy (non-hydrogen) atoms. The molecule has 0 saturated carbocycles. The molecule has 9 aromatic carbocycles. The lowest BCUT2D eigenvalue weighted by Crippen LogP contribution is -2.02. The molecule has 0 radical (unpaired) electrons. The summed E-state index contributed by atoms with van der Waals surface area (Å²) in [5.41, 5.74) is 17.2. The van der Waals surface area contributed by atoms with E-state index >= 15 is 0 Å². The highest BCUT2D eigenvalue weighted by atomic mass is 14.9. The monoisotopic (exact) mass is 710 g/mol. The van der Waals surface area contributed by atoms with E-state index in [1.807, 2.05) is 0 Å². The molecular weight excluding hydrogens is 677 g/mol. The maximum absolute atomic E-state index is 5.60. The molecule has 0 N–H and O–H groups in total. The largest absolute Gasteiger partial charge is 0.236 e. The molecule has 1 aromatic heterocycles. The third kappa shape index (κ3) is 5.11. The quantitative estimate of drug-likeness (QED) is 0.170. The van der Waals surface area contributed by atoms with Crippen LogP contribution in [-0.2, 0) is 0 Å². The molecular formula is C54H34N2. The van der Waals surface area contributed by atoms with Crippen molar-refractivity contribution in [2.24, 2.45) is 0 Å². The van der Waals surface area contributed by atoms with Gasteiger partial charge in [0.1, 0.15) is 0 Å². The fourth-order valence-electron chi connectivity index (χ4n) is 8.82. The molecule has 11 rings (SSSR count). The van der Waals surface area contributed by atoms with Crippen LogP contribution in [0.15, 0.2) is 206 Å². The highest BCUT2D eigenvalue weighted by Gasteiger charge is 2.25. The Labute approximate surface area is 326 Å². The van der Waals surface area contributed by atoms with Gasteiger partial charge in [-0.25, -0.2) is 9.97 Å². The van der Waals surface area contributed by atoms with Crippen LogP contribution in [0.3, 0.4) is 0 Å². The van der Waals surface area contributed by atoms with Crippen LogP contribution in [0.1, 0.15) is 0 Å². The van der Waals surface area contributed by atoms with Crippen molar-refractivity contribution in [3.63, 3.8) is 0 Å². The van der Waals surface area contributed by atoms with Crippen molar-refractivity contribution < 1.29 is 0 Å². The van der Waals surface area contributed by atoms with Gasteiger partial charge in [0, 0.05) is 22.9 Å². The fourth-order valence-corrected chi connectivity index (χ4v) is 8.82. The maximum atomic E-state index is 5.60. The summed E-state index contributed by atoms with van der Waals surface area (Å²) >= 11 is 0. The molecule has 1 aliphatic rings. The summed E-state index contributed by atoms with van der Waals surface area (Å²) in [6.45, 7) is 0. The van der Waals surface area contributed by atoms with E-state index in [1.165, 1.54) is 66.4 Å². The van der Waals surface area contributed by atoms with Crippen LogP contribution >= 0.6 is 0 Å². The van der Waals surface area contributed by atoms with Gasteiger partial charge in [-0.2, -0.15) is 0 Å². The van der Waals surface area contributed by atoms with Crippen LogP contribution in [0.25, 0.3) is 111 Å². The predicted molar refractivity (Wildman–Crippen MR) is 234 cm³/mol. The van der Waals surface area contributed by atoms with Crippen molar-refractivity contribution in [3.05, 3.63) is 206 Å². The van der Waals surface area contributed by atoms with Gasteiger partial charge in [0.05, 0.1) is 5.69 Å². The van der Waals surface area contributed by atoms with Crippen LogP contribution in [0.5, 0.6) is 0 Å². The second-order valence-electron chi connectivity index (χ2n) is 14.4. The first kappa shape index (κ1) is 32.0. The Bertz CT molecular complexity index is 3060. The van der Waals surface area contributed by atoms with Gasteiger partial charge >= 0.3 is 0 Å². The van der Waals surface area contributed by atoms with Gasteiger partial charge in [0.25, 0.3) is 0 Å². The molecule has 2 heteroatoms. The minimum absolute atomic E-state index is 0.714. The molecule has 0 bridgehead atoms. The van der Waals surface area contributed by atoms with Gasteiger partial charge in [-0.1, -0.05) is 194 Å². The number of fused-ring (bicyclic) bond motifs is 10. The van der Waals surface area contributed by atoms with Gasteiger partial charge in [0.2, 0.25) is 0 Å². The molecule has 2 nitrogen and oxygen atoms in total. The molecule has 0 spiro atoms. The zero-order valence-corrected chi connectivity index (χ0v) is 30.5. The van der Waals surface area contributed by atoms with E-state index in [-0.39, 0.29) is 0 Å². The Morgan fingerprint density at radius 3 is 1.25 bits per heavy atom. The highest BCUT2D eigenvalue weighted by Crippen LogP contribution is 2.49. The van der Waals surface area contributed by atoms with Crippen molar-refractivity contribution in [2.45, 2.75) is 0 Å². The Kier molecular flexibility index (Phi) is 7.53. The number of nitrogens with zero attached hydrogens (tertiary/aromatic N) is 2. The third-order valence-electron chi connectivity index (χ3n) is 11.3. The Balaban J connectivity index is 1.19. The van der Waals surface area contributed by atoms with Crippen molar-refractivity contribution >= 4 is 21.5 Å². The summed E-state index contributed by atoms with van der Waals surface area (Å²) in [4.78, 5) is 10.9. The SMILES string of the molecule is c1ccc(-c2ccc(-c3c4ccccc4c(-c4ncc5c(n4)-c4ccccc4-c4ccccc4-c4ccccc4-5)c4ccccc34)c(-c3ccccc3)c2)cc1. The summed E-state index contributed by atoms with van der Waals surface area (Å²) in [5.74, 6) is 0.714. The average molecular weight is 711 g/mol. The number of aromatic nitrogens is 2. The minimum Gasteiger partial charge on any atom is -0.236 e. The normalized spacial score (nSPS) is 11.6. The van der Waals surface area contributed by atoms with E-state index in [0.717, 1.165) is 38.7 Å². The average Bonchev–Trinajstić information content (AvgIpc) is 3.28. The number of benzene rings is 9. The van der Waals surface area contributed by atoms with E-state index in [9.17, 15) is 0 Å². The molecule has 0 aliphatic heterocycles. The second kappa shape index (κ2) is 13.2. The second-order valence-corrected chi connectivity index (χ2v) is 14.4. The van der Waals surface area contributed by atoms with E-state index < -0.39 is 0 Å². The van der Waals surface area contributed by atoms with E-state index in [2.05, 4.69) is 206 Å². The molecule has 0 amide bonds. The molecule has 260 valence electrons. The summed E-state index contributed by atoms with van der Waals surface area (Å²) in [5, 5.41) is 4.58. The molecule has 0 atom stereocenters. The molecule has 1 aliphatic carbocycles. The Hall–Kier alpha value is -7.42. The van der Waals surface area contributed by atoms with E-state index in [1.54, 1.807) is 0 Å². The number of hydrogen-bond acceptors (Lipinski definition) is 2. The van der Waals surface area contributed by atoms with E-state index in [4.69, 9.17) is 9.97 Å². The zero-order valence-electron chi connectivity index (χ0n) is 30.5. The summed E-state index contributed by atoms with van der Waals surface area (Å²) in [7, 11) is 0. The lowest BCUT2D eigenvalue weighted by atomic mass is 9.83. The van der Waals surface area contributed by atoms with Crippen LogP contribution in [-0.4, -0.2) is 9.97 Å². The lowest BCUT2D eigenvalue weighted by Gasteiger charge is -2.23. The van der Waals surface area contributed by atoms with Crippen molar-refractivity contribution in [2.75, 3.05) is 0 Å². The third-order valence-corrected chi connectivity index (χ3v) is 11.3. The topological polar surface area (TPSA) is 25.8 Å². The van der Waals surface area contributed by atoms with Gasteiger partial charge in [-0.3, -0.25) is 0 Å². The van der Waals surface area contributed by atoms with Crippen molar-refractivity contribution in [1.29, 1.82) is 0 Å². The van der Waals surface area contributed by atoms with Crippen LogP contribution in [0.2, 0.25) is 0 Å². The summed E-state index contributed by atoms with van der Waals surface area (Å²) in [6.07, 6.45) is 2.05.